The average molecular weight is 413 g/mol. The molecule has 0 radical (unpaired) electrons. The van der Waals surface area contributed by atoms with Crippen molar-refractivity contribution in [3.8, 4) is 6.07 Å². The number of carbonyl (C=O) groups excluding carboxylic acids is 2. The van der Waals surface area contributed by atoms with Crippen LogP contribution in [0, 0.1) is 17.2 Å². The number of furan rings is 1. The van der Waals surface area contributed by atoms with Gasteiger partial charge >= 0.3 is 6.09 Å². The van der Waals surface area contributed by atoms with Gasteiger partial charge in [-0.3, -0.25) is 4.79 Å². The second-order valence-electron chi connectivity index (χ2n) is 6.90. The van der Waals surface area contributed by atoms with Gasteiger partial charge in [-0.1, -0.05) is 0 Å². The lowest BCUT2D eigenvalue weighted by molar-refractivity contribution is -0.111. The topological polar surface area (TPSA) is 95.6 Å². The molecule has 2 aromatic rings. The third-order valence-corrected chi connectivity index (χ3v) is 6.08. The van der Waals surface area contributed by atoms with Crippen molar-refractivity contribution in [3.63, 3.8) is 0 Å². The van der Waals surface area contributed by atoms with Gasteiger partial charge < -0.3 is 19.4 Å². The molecule has 1 aliphatic carbocycles. The number of amides is 2. The number of thiophene rings is 1. The summed E-state index contributed by atoms with van der Waals surface area (Å²) in [6, 6.07) is 3.98. The van der Waals surface area contributed by atoms with Crippen LogP contribution in [0.4, 0.5) is 9.80 Å². The van der Waals surface area contributed by atoms with Crippen molar-refractivity contribution in [1.82, 2.24) is 4.90 Å². The zero-order chi connectivity index (χ0) is 20.8. The summed E-state index contributed by atoms with van der Waals surface area (Å²) in [5, 5.41) is 13.0. The van der Waals surface area contributed by atoms with E-state index in [1.807, 2.05) is 6.92 Å². The van der Waals surface area contributed by atoms with Crippen molar-refractivity contribution < 1.29 is 18.7 Å². The minimum absolute atomic E-state index is 0.214. The SMILES string of the molecule is CCN(C)C(=O)OCC1CCc2c(sc(NC(=O)/C=C/c3ccoc3)c2C#N)C1. The maximum absolute atomic E-state index is 12.2. The van der Waals surface area contributed by atoms with Crippen LogP contribution in [0.5, 0.6) is 0 Å². The number of nitrogens with zero attached hydrogens (tertiary/aromatic N) is 2. The van der Waals surface area contributed by atoms with Crippen LogP contribution in [0.15, 0.2) is 29.1 Å². The van der Waals surface area contributed by atoms with Gasteiger partial charge in [0.2, 0.25) is 5.91 Å². The van der Waals surface area contributed by atoms with Crippen LogP contribution in [0.1, 0.15) is 34.9 Å². The van der Waals surface area contributed by atoms with Gasteiger partial charge in [-0.25, -0.2) is 4.79 Å². The summed E-state index contributed by atoms with van der Waals surface area (Å²) in [5.74, 6) is -0.0826. The molecule has 0 saturated heterocycles. The van der Waals surface area contributed by atoms with Crippen molar-refractivity contribution in [2.45, 2.75) is 26.2 Å². The molecule has 2 amide bonds. The van der Waals surface area contributed by atoms with E-state index in [0.717, 1.165) is 35.3 Å². The highest BCUT2D eigenvalue weighted by molar-refractivity contribution is 7.16. The summed E-state index contributed by atoms with van der Waals surface area (Å²) in [7, 11) is 1.70. The minimum Gasteiger partial charge on any atom is -0.472 e. The zero-order valence-electron chi connectivity index (χ0n) is 16.4. The van der Waals surface area contributed by atoms with Gasteiger partial charge in [0.15, 0.2) is 0 Å². The van der Waals surface area contributed by atoms with Gasteiger partial charge in [0, 0.05) is 30.1 Å². The van der Waals surface area contributed by atoms with Crippen molar-refractivity contribution in [2.75, 3.05) is 25.5 Å². The number of hydrogen-bond donors (Lipinski definition) is 1. The highest BCUT2D eigenvalue weighted by Crippen LogP contribution is 2.39. The molecule has 1 unspecified atom stereocenters. The van der Waals surface area contributed by atoms with E-state index in [2.05, 4.69) is 11.4 Å². The molecular formula is C21H23N3O4S. The Morgan fingerprint density at radius 3 is 3.03 bits per heavy atom. The second kappa shape index (κ2) is 9.43. The van der Waals surface area contributed by atoms with Crippen molar-refractivity contribution in [2.24, 2.45) is 5.92 Å². The van der Waals surface area contributed by atoms with E-state index in [4.69, 9.17) is 9.15 Å². The lowest BCUT2D eigenvalue weighted by Crippen LogP contribution is -2.29. The number of ether oxygens (including phenoxy) is 1. The summed E-state index contributed by atoms with van der Waals surface area (Å²) < 4.78 is 10.3. The Morgan fingerprint density at radius 2 is 2.34 bits per heavy atom. The van der Waals surface area contributed by atoms with E-state index in [1.165, 1.54) is 28.6 Å². The van der Waals surface area contributed by atoms with Crippen molar-refractivity contribution >= 4 is 34.4 Å². The number of rotatable bonds is 6. The van der Waals surface area contributed by atoms with Crippen molar-refractivity contribution in [3.05, 3.63) is 46.2 Å². The number of hydrogen-bond acceptors (Lipinski definition) is 6. The summed E-state index contributed by atoms with van der Waals surface area (Å²) in [4.78, 5) is 26.7. The van der Waals surface area contributed by atoms with Gasteiger partial charge in [-0.05, 0) is 49.8 Å². The van der Waals surface area contributed by atoms with Crippen LogP contribution in [-0.2, 0) is 22.4 Å². The normalized spacial score (nSPS) is 15.6. The molecule has 7 nitrogen and oxygen atoms in total. The molecule has 1 aliphatic rings. The Balaban J connectivity index is 1.64. The van der Waals surface area contributed by atoms with E-state index in [1.54, 1.807) is 25.5 Å². The summed E-state index contributed by atoms with van der Waals surface area (Å²) >= 11 is 1.43. The zero-order valence-corrected chi connectivity index (χ0v) is 17.3. The smallest absolute Gasteiger partial charge is 0.409 e. The van der Waals surface area contributed by atoms with Crippen LogP contribution >= 0.6 is 11.3 Å². The summed E-state index contributed by atoms with van der Waals surface area (Å²) in [6.07, 6.45) is 8.13. The Hall–Kier alpha value is -3.05. The predicted octanol–water partition coefficient (Wildman–Crippen LogP) is 4.06. The number of carbonyl (C=O) groups is 2. The minimum atomic E-state index is -0.320. The maximum Gasteiger partial charge on any atom is 0.409 e. The first-order valence-corrected chi connectivity index (χ1v) is 10.3. The predicted molar refractivity (Wildman–Crippen MR) is 111 cm³/mol. The molecule has 1 atom stereocenters. The maximum atomic E-state index is 12.2. The molecule has 0 spiro atoms. The average Bonchev–Trinajstić information content (AvgIpc) is 3.36. The number of nitrogens with one attached hydrogen (secondary N) is 1. The van der Waals surface area contributed by atoms with Crippen LogP contribution in [0.2, 0.25) is 0 Å². The third-order valence-electron chi connectivity index (χ3n) is 4.91. The van der Waals surface area contributed by atoms with Gasteiger partial charge in [-0.2, -0.15) is 5.26 Å². The molecule has 8 heteroatoms. The molecule has 0 fully saturated rings. The van der Waals surface area contributed by atoms with Crippen LogP contribution in [0.3, 0.4) is 0 Å². The Morgan fingerprint density at radius 1 is 1.52 bits per heavy atom. The fourth-order valence-electron chi connectivity index (χ4n) is 3.13. The molecule has 0 bridgehead atoms. The van der Waals surface area contributed by atoms with Crippen LogP contribution < -0.4 is 5.32 Å². The molecule has 0 saturated carbocycles. The van der Waals surface area contributed by atoms with E-state index in [0.29, 0.717) is 23.7 Å². The van der Waals surface area contributed by atoms with Gasteiger partial charge in [0.1, 0.15) is 11.1 Å². The Bertz CT molecular complexity index is 940. The second-order valence-corrected chi connectivity index (χ2v) is 8.00. The van der Waals surface area contributed by atoms with Crippen LogP contribution in [-0.4, -0.2) is 37.1 Å². The molecule has 1 N–H and O–H groups in total. The standard InChI is InChI=1S/C21H23N3O4S/c1-3-24(2)21(26)28-13-15-4-6-16-17(11-22)20(29-18(16)10-15)23-19(25)7-5-14-8-9-27-12-14/h5,7-9,12,15H,3-4,6,10,13H2,1-2H3,(H,23,25)/b7-5+. The summed E-state index contributed by atoms with van der Waals surface area (Å²) in [5.41, 5.74) is 2.33. The molecule has 2 aromatic heterocycles. The lowest BCUT2D eigenvalue weighted by atomic mass is 9.88. The van der Waals surface area contributed by atoms with E-state index in [9.17, 15) is 14.9 Å². The molecule has 29 heavy (non-hydrogen) atoms. The monoisotopic (exact) mass is 413 g/mol. The lowest BCUT2D eigenvalue weighted by Gasteiger charge is -2.23. The molecule has 0 aromatic carbocycles. The molecular weight excluding hydrogens is 390 g/mol. The Kier molecular flexibility index (Phi) is 6.73. The largest absolute Gasteiger partial charge is 0.472 e. The van der Waals surface area contributed by atoms with Gasteiger partial charge in [0.05, 0.1) is 24.7 Å². The first-order chi connectivity index (χ1) is 14.0. The fraction of sp³-hybridized carbons (Fsp3) is 0.381. The first-order valence-electron chi connectivity index (χ1n) is 9.45. The third kappa shape index (κ3) is 5.06. The number of nitriles is 1. The number of fused-ring (bicyclic) bond motifs is 1. The van der Waals surface area contributed by atoms with E-state index in [-0.39, 0.29) is 17.9 Å². The summed E-state index contributed by atoms with van der Waals surface area (Å²) in [6.45, 7) is 2.85. The molecule has 2 heterocycles. The highest BCUT2D eigenvalue weighted by Gasteiger charge is 2.27. The fourth-order valence-corrected chi connectivity index (χ4v) is 4.44. The van der Waals surface area contributed by atoms with Crippen LogP contribution in [0.25, 0.3) is 6.08 Å². The highest BCUT2D eigenvalue weighted by atomic mass is 32.1. The number of anilines is 1. The molecule has 3 rings (SSSR count). The van der Waals surface area contributed by atoms with E-state index >= 15 is 0 Å². The first kappa shape index (κ1) is 20.7. The molecule has 0 aliphatic heterocycles. The quantitative estimate of drug-likeness (QED) is 0.721. The Labute approximate surface area is 173 Å². The molecule has 152 valence electrons. The van der Waals surface area contributed by atoms with Crippen molar-refractivity contribution in [1.29, 1.82) is 5.26 Å². The van der Waals surface area contributed by atoms with Gasteiger partial charge in [-0.15, -0.1) is 11.3 Å². The van der Waals surface area contributed by atoms with Gasteiger partial charge in [0.25, 0.3) is 0 Å². The van der Waals surface area contributed by atoms with E-state index < -0.39 is 0 Å².